The van der Waals surface area contributed by atoms with E-state index >= 15 is 0 Å². The number of carboxylic acids is 1. The number of nitrogens with one attached hydrogen (secondary N) is 1. The Bertz CT molecular complexity index is 428. The van der Waals surface area contributed by atoms with Crippen molar-refractivity contribution in [2.75, 3.05) is 7.05 Å². The minimum absolute atomic E-state index is 0.130. The Balaban J connectivity index is 2.52. The van der Waals surface area contributed by atoms with E-state index in [1.807, 2.05) is 0 Å². The van der Waals surface area contributed by atoms with Crippen molar-refractivity contribution in [3.63, 3.8) is 0 Å². The highest BCUT2D eigenvalue weighted by Crippen LogP contribution is 2.26. The molecule has 126 valence electrons. The summed E-state index contributed by atoms with van der Waals surface area (Å²) in [7, 11) is 1.44. The molecule has 1 atom stereocenters. The van der Waals surface area contributed by atoms with Crippen LogP contribution >= 0.6 is 0 Å². The first-order valence-electron chi connectivity index (χ1n) is 7.96. The third-order valence-electron chi connectivity index (χ3n) is 4.64. The number of likely N-dealkylation sites (N-methyl/N-ethyl adjacent to an activating group) is 1. The molecule has 0 heterocycles. The molecule has 0 aromatic carbocycles. The fraction of sp³-hybridized carbons (Fsp3) is 0.812. The normalized spacial score (nSPS) is 17.6. The second kappa shape index (κ2) is 7.61. The van der Waals surface area contributed by atoms with E-state index in [9.17, 15) is 14.4 Å². The SMILES string of the molecule is CC(NC(=O)CC1CCCCC1)C(=O)N(C)C(C)(C)C(=O)O. The Morgan fingerprint density at radius 2 is 1.77 bits per heavy atom. The van der Waals surface area contributed by atoms with Gasteiger partial charge in [-0.3, -0.25) is 9.59 Å². The average molecular weight is 312 g/mol. The molecule has 1 rings (SSSR count). The molecule has 0 radical (unpaired) electrons. The van der Waals surface area contributed by atoms with Gasteiger partial charge in [-0.1, -0.05) is 19.3 Å². The highest BCUT2D eigenvalue weighted by atomic mass is 16.4. The second-order valence-electron chi connectivity index (χ2n) is 6.76. The van der Waals surface area contributed by atoms with Crippen LogP contribution in [0.5, 0.6) is 0 Å². The maximum atomic E-state index is 12.3. The lowest BCUT2D eigenvalue weighted by atomic mass is 9.87. The quantitative estimate of drug-likeness (QED) is 0.783. The number of nitrogens with zero attached hydrogens (tertiary/aromatic N) is 1. The Morgan fingerprint density at radius 1 is 1.23 bits per heavy atom. The summed E-state index contributed by atoms with van der Waals surface area (Å²) < 4.78 is 0. The fourth-order valence-electron chi connectivity index (χ4n) is 2.73. The summed E-state index contributed by atoms with van der Waals surface area (Å²) in [4.78, 5) is 36.7. The van der Waals surface area contributed by atoms with E-state index in [4.69, 9.17) is 5.11 Å². The number of amides is 2. The standard InChI is InChI=1S/C16H28N2O4/c1-11(14(20)18(4)16(2,3)15(21)22)17-13(19)10-12-8-6-5-7-9-12/h11-12H,5-10H2,1-4H3,(H,17,19)(H,21,22). The van der Waals surface area contributed by atoms with Gasteiger partial charge in [0.2, 0.25) is 11.8 Å². The van der Waals surface area contributed by atoms with Crippen molar-refractivity contribution >= 4 is 17.8 Å². The van der Waals surface area contributed by atoms with E-state index in [2.05, 4.69) is 5.32 Å². The number of aliphatic carboxylic acids is 1. The Morgan fingerprint density at radius 3 is 2.27 bits per heavy atom. The molecule has 22 heavy (non-hydrogen) atoms. The van der Waals surface area contributed by atoms with E-state index in [1.54, 1.807) is 6.92 Å². The molecule has 1 fully saturated rings. The monoisotopic (exact) mass is 312 g/mol. The number of carbonyl (C=O) groups excluding carboxylic acids is 2. The zero-order chi connectivity index (χ0) is 16.9. The first kappa shape index (κ1) is 18.5. The predicted molar refractivity (Wildman–Crippen MR) is 83.3 cm³/mol. The maximum absolute atomic E-state index is 12.3. The lowest BCUT2D eigenvalue weighted by Crippen LogP contribution is -2.56. The molecule has 1 unspecified atom stereocenters. The largest absolute Gasteiger partial charge is 0.480 e. The Kier molecular flexibility index (Phi) is 6.38. The summed E-state index contributed by atoms with van der Waals surface area (Å²) in [5.41, 5.74) is -1.31. The molecule has 0 saturated heterocycles. The summed E-state index contributed by atoms with van der Waals surface area (Å²) in [6, 6.07) is -0.722. The average Bonchev–Trinajstić information content (AvgIpc) is 2.46. The van der Waals surface area contributed by atoms with Gasteiger partial charge in [-0.2, -0.15) is 0 Å². The molecule has 0 spiro atoms. The number of hydrogen-bond acceptors (Lipinski definition) is 3. The maximum Gasteiger partial charge on any atom is 0.329 e. The van der Waals surface area contributed by atoms with E-state index in [0.29, 0.717) is 12.3 Å². The van der Waals surface area contributed by atoms with E-state index in [0.717, 1.165) is 12.8 Å². The van der Waals surface area contributed by atoms with Crippen LogP contribution < -0.4 is 5.32 Å². The minimum Gasteiger partial charge on any atom is -0.480 e. The van der Waals surface area contributed by atoms with Crippen molar-refractivity contribution in [1.29, 1.82) is 0 Å². The summed E-state index contributed by atoms with van der Waals surface area (Å²) in [5, 5.41) is 11.9. The van der Waals surface area contributed by atoms with Crippen molar-refractivity contribution in [2.24, 2.45) is 5.92 Å². The number of hydrogen-bond donors (Lipinski definition) is 2. The van der Waals surface area contributed by atoms with E-state index in [1.165, 1.54) is 45.1 Å². The van der Waals surface area contributed by atoms with Crippen LogP contribution in [0.2, 0.25) is 0 Å². The van der Waals surface area contributed by atoms with Gasteiger partial charge < -0.3 is 15.3 Å². The molecule has 1 aliphatic rings. The van der Waals surface area contributed by atoms with Crippen LogP contribution in [0.3, 0.4) is 0 Å². The Hall–Kier alpha value is -1.59. The first-order valence-corrected chi connectivity index (χ1v) is 7.96. The summed E-state index contributed by atoms with van der Waals surface area (Å²) >= 11 is 0. The molecule has 2 N–H and O–H groups in total. The highest BCUT2D eigenvalue weighted by Gasteiger charge is 2.37. The second-order valence-corrected chi connectivity index (χ2v) is 6.76. The predicted octanol–water partition coefficient (Wildman–Crippen LogP) is 1.78. The van der Waals surface area contributed by atoms with Gasteiger partial charge in [0, 0.05) is 13.5 Å². The molecule has 6 heteroatoms. The minimum atomic E-state index is -1.31. The van der Waals surface area contributed by atoms with Crippen LogP contribution in [0.15, 0.2) is 0 Å². The van der Waals surface area contributed by atoms with Gasteiger partial charge in [-0.25, -0.2) is 4.79 Å². The fourth-order valence-corrected chi connectivity index (χ4v) is 2.73. The highest BCUT2D eigenvalue weighted by molar-refractivity contribution is 5.91. The topological polar surface area (TPSA) is 86.7 Å². The van der Waals surface area contributed by atoms with E-state index in [-0.39, 0.29) is 5.91 Å². The molecular formula is C16H28N2O4. The smallest absolute Gasteiger partial charge is 0.329 e. The van der Waals surface area contributed by atoms with Crippen LogP contribution in [0.4, 0.5) is 0 Å². The molecule has 0 aromatic heterocycles. The van der Waals surface area contributed by atoms with Gasteiger partial charge in [0.1, 0.15) is 11.6 Å². The lowest BCUT2D eigenvalue weighted by molar-refractivity contribution is -0.156. The van der Waals surface area contributed by atoms with Crippen molar-refractivity contribution in [2.45, 2.75) is 70.9 Å². The third kappa shape index (κ3) is 4.71. The van der Waals surface area contributed by atoms with Crippen molar-refractivity contribution in [1.82, 2.24) is 10.2 Å². The van der Waals surface area contributed by atoms with Gasteiger partial charge in [-0.05, 0) is 39.5 Å². The van der Waals surface area contributed by atoms with Crippen LogP contribution in [0, 0.1) is 5.92 Å². The van der Waals surface area contributed by atoms with Gasteiger partial charge >= 0.3 is 5.97 Å². The van der Waals surface area contributed by atoms with Crippen LogP contribution in [0.25, 0.3) is 0 Å². The van der Waals surface area contributed by atoms with Crippen LogP contribution in [0.1, 0.15) is 59.3 Å². The summed E-state index contributed by atoms with van der Waals surface area (Å²) in [5.74, 6) is -1.20. The number of rotatable bonds is 6. The third-order valence-corrected chi connectivity index (χ3v) is 4.64. The summed E-state index contributed by atoms with van der Waals surface area (Å²) in [6.45, 7) is 4.52. The molecule has 0 bridgehead atoms. The van der Waals surface area contributed by atoms with Crippen molar-refractivity contribution in [3.05, 3.63) is 0 Å². The molecule has 1 saturated carbocycles. The van der Waals surface area contributed by atoms with Crippen LogP contribution in [-0.2, 0) is 14.4 Å². The Labute approximate surface area is 132 Å². The molecule has 2 amide bonds. The molecular weight excluding hydrogens is 284 g/mol. The van der Waals surface area contributed by atoms with E-state index < -0.39 is 23.5 Å². The number of carbonyl (C=O) groups is 3. The molecule has 1 aliphatic carbocycles. The van der Waals surface area contributed by atoms with Gasteiger partial charge in [0.05, 0.1) is 0 Å². The zero-order valence-corrected chi connectivity index (χ0v) is 14.0. The van der Waals surface area contributed by atoms with Gasteiger partial charge in [0.15, 0.2) is 0 Å². The first-order chi connectivity index (χ1) is 10.2. The van der Waals surface area contributed by atoms with Gasteiger partial charge in [0.25, 0.3) is 0 Å². The van der Waals surface area contributed by atoms with Gasteiger partial charge in [-0.15, -0.1) is 0 Å². The molecule has 0 aliphatic heterocycles. The lowest BCUT2D eigenvalue weighted by Gasteiger charge is -2.33. The van der Waals surface area contributed by atoms with Crippen molar-refractivity contribution in [3.8, 4) is 0 Å². The molecule has 6 nitrogen and oxygen atoms in total. The zero-order valence-electron chi connectivity index (χ0n) is 14.0. The summed E-state index contributed by atoms with van der Waals surface area (Å²) in [6.07, 6.45) is 6.17. The molecule has 0 aromatic rings. The number of carboxylic acid groups (broad SMARTS) is 1. The van der Waals surface area contributed by atoms with Crippen LogP contribution in [-0.4, -0.2) is 46.4 Å². The van der Waals surface area contributed by atoms with Crippen molar-refractivity contribution < 1.29 is 19.5 Å².